The monoisotopic (exact) mass is 291 g/mol. The van der Waals surface area contributed by atoms with Crippen LogP contribution in [0, 0.1) is 5.92 Å². The lowest BCUT2D eigenvalue weighted by Gasteiger charge is -2.27. The first-order valence-corrected chi connectivity index (χ1v) is 7.16. The van der Waals surface area contributed by atoms with E-state index in [1.165, 1.54) is 0 Å². The van der Waals surface area contributed by atoms with E-state index in [4.69, 9.17) is 10.8 Å². The van der Waals surface area contributed by atoms with Crippen molar-refractivity contribution in [2.75, 3.05) is 5.32 Å². The van der Waals surface area contributed by atoms with E-state index < -0.39 is 12.0 Å². The van der Waals surface area contributed by atoms with Gasteiger partial charge in [-0.1, -0.05) is 12.1 Å². The van der Waals surface area contributed by atoms with Gasteiger partial charge >= 0.3 is 12.0 Å². The third kappa shape index (κ3) is 4.66. The minimum Gasteiger partial charge on any atom is -0.481 e. The number of hydrogen-bond acceptors (Lipinski definition) is 3. The van der Waals surface area contributed by atoms with Gasteiger partial charge in [-0.2, -0.15) is 0 Å². The molecule has 0 unspecified atom stereocenters. The minimum atomic E-state index is -0.681. The number of rotatable bonds is 5. The number of nitrogens with one attached hydrogen (secondary N) is 2. The second-order valence-corrected chi connectivity index (χ2v) is 5.45. The van der Waals surface area contributed by atoms with E-state index in [1.54, 1.807) is 0 Å². The van der Waals surface area contributed by atoms with Gasteiger partial charge in [-0.15, -0.1) is 0 Å². The van der Waals surface area contributed by atoms with Gasteiger partial charge in [0.05, 0.1) is 5.92 Å². The summed E-state index contributed by atoms with van der Waals surface area (Å²) in [4.78, 5) is 21.5. The molecule has 0 heterocycles. The lowest BCUT2D eigenvalue weighted by atomic mass is 9.86. The molecule has 0 spiro atoms. The zero-order valence-corrected chi connectivity index (χ0v) is 11.8. The van der Waals surface area contributed by atoms with Gasteiger partial charge < -0.3 is 21.5 Å². The highest BCUT2D eigenvalue weighted by atomic mass is 16.4. The van der Waals surface area contributed by atoms with E-state index in [1.807, 2.05) is 24.3 Å². The highest BCUT2D eigenvalue weighted by Gasteiger charge is 2.25. The molecule has 1 aromatic carbocycles. The molecule has 0 aliphatic heterocycles. The van der Waals surface area contributed by atoms with Gasteiger partial charge in [0.1, 0.15) is 0 Å². The molecule has 1 aromatic rings. The molecule has 6 heteroatoms. The number of aliphatic carboxylic acids is 1. The lowest BCUT2D eigenvalue weighted by molar-refractivity contribution is -0.142. The predicted molar refractivity (Wildman–Crippen MR) is 79.9 cm³/mol. The predicted octanol–water partition coefficient (Wildman–Crippen LogP) is 1.91. The zero-order valence-electron chi connectivity index (χ0n) is 11.8. The van der Waals surface area contributed by atoms with Gasteiger partial charge in [-0.05, 0) is 43.4 Å². The third-order valence-electron chi connectivity index (χ3n) is 3.87. The summed E-state index contributed by atoms with van der Waals surface area (Å²) in [7, 11) is 0. The molecule has 0 radical (unpaired) electrons. The molecular formula is C15H21N3O3. The lowest BCUT2D eigenvalue weighted by Crippen LogP contribution is -2.29. The number of carboxylic acids is 1. The van der Waals surface area contributed by atoms with Crippen LogP contribution in [-0.4, -0.2) is 23.1 Å². The Morgan fingerprint density at radius 3 is 2.29 bits per heavy atom. The van der Waals surface area contributed by atoms with Crippen molar-refractivity contribution in [3.8, 4) is 0 Å². The summed E-state index contributed by atoms with van der Waals surface area (Å²) in [6.07, 6.45) is 3.21. The molecule has 21 heavy (non-hydrogen) atoms. The van der Waals surface area contributed by atoms with Gasteiger partial charge in [-0.25, -0.2) is 4.79 Å². The number of anilines is 1. The molecular weight excluding hydrogens is 270 g/mol. The molecule has 2 rings (SSSR count). The smallest absolute Gasteiger partial charge is 0.312 e. The van der Waals surface area contributed by atoms with Crippen molar-refractivity contribution < 1.29 is 14.7 Å². The number of carbonyl (C=O) groups is 2. The maximum absolute atomic E-state index is 10.9. The van der Waals surface area contributed by atoms with E-state index in [2.05, 4.69) is 10.6 Å². The van der Waals surface area contributed by atoms with Crippen molar-refractivity contribution in [3.05, 3.63) is 29.8 Å². The van der Waals surface area contributed by atoms with Crippen LogP contribution in [-0.2, 0) is 11.3 Å². The van der Waals surface area contributed by atoms with Crippen LogP contribution in [0.3, 0.4) is 0 Å². The van der Waals surface area contributed by atoms with Crippen LogP contribution >= 0.6 is 0 Å². The van der Waals surface area contributed by atoms with Crippen molar-refractivity contribution in [2.45, 2.75) is 38.3 Å². The highest BCUT2D eigenvalue weighted by molar-refractivity contribution is 5.71. The van der Waals surface area contributed by atoms with Gasteiger partial charge in [0.15, 0.2) is 0 Å². The van der Waals surface area contributed by atoms with Gasteiger partial charge in [0.2, 0.25) is 0 Å². The fourth-order valence-electron chi connectivity index (χ4n) is 2.63. The Hall–Kier alpha value is -2.24. The summed E-state index contributed by atoms with van der Waals surface area (Å²) in [6, 6.07) is 7.58. The molecule has 0 aromatic heterocycles. The molecule has 2 amide bonds. The Morgan fingerprint density at radius 1 is 1.14 bits per heavy atom. The van der Waals surface area contributed by atoms with Crippen LogP contribution in [0.25, 0.3) is 0 Å². The van der Waals surface area contributed by atoms with E-state index in [-0.39, 0.29) is 5.92 Å². The van der Waals surface area contributed by atoms with Crippen molar-refractivity contribution in [1.29, 1.82) is 0 Å². The number of benzene rings is 1. The molecule has 0 atom stereocenters. The number of nitrogens with two attached hydrogens (primary N) is 1. The Morgan fingerprint density at radius 2 is 1.76 bits per heavy atom. The Labute approximate surface area is 123 Å². The average Bonchev–Trinajstić information content (AvgIpc) is 2.47. The minimum absolute atomic E-state index is 0.190. The highest BCUT2D eigenvalue weighted by Crippen LogP contribution is 2.26. The summed E-state index contributed by atoms with van der Waals surface area (Å²) in [5, 5.41) is 14.9. The van der Waals surface area contributed by atoms with Gasteiger partial charge in [-0.3, -0.25) is 4.79 Å². The summed E-state index contributed by atoms with van der Waals surface area (Å²) >= 11 is 0. The first-order valence-electron chi connectivity index (χ1n) is 7.16. The molecule has 114 valence electrons. The summed E-state index contributed by atoms with van der Waals surface area (Å²) in [5.74, 6) is -0.870. The normalized spacial score (nSPS) is 21.5. The van der Waals surface area contributed by atoms with Crippen LogP contribution in [0.5, 0.6) is 0 Å². The Kier molecular flexibility index (Phi) is 5.03. The van der Waals surface area contributed by atoms with Crippen molar-refractivity contribution in [1.82, 2.24) is 5.32 Å². The number of amides is 2. The first kappa shape index (κ1) is 15.2. The summed E-state index contributed by atoms with van der Waals surface area (Å²) in [5.41, 5.74) is 7.01. The van der Waals surface area contributed by atoms with E-state index in [0.29, 0.717) is 12.6 Å². The molecule has 5 N–H and O–H groups in total. The topological polar surface area (TPSA) is 104 Å². The maximum atomic E-state index is 10.9. The van der Waals surface area contributed by atoms with Crippen LogP contribution < -0.4 is 16.4 Å². The second kappa shape index (κ2) is 6.97. The quantitative estimate of drug-likeness (QED) is 0.665. The molecule has 0 saturated heterocycles. The molecule has 1 fully saturated rings. The molecule has 6 nitrogen and oxygen atoms in total. The largest absolute Gasteiger partial charge is 0.481 e. The average molecular weight is 291 g/mol. The van der Waals surface area contributed by atoms with Gasteiger partial charge in [0.25, 0.3) is 0 Å². The molecule has 1 saturated carbocycles. The number of primary amides is 1. The SMILES string of the molecule is NC(=O)NCc1ccc(NC2CCC(C(=O)O)CC2)cc1. The van der Waals surface area contributed by atoms with E-state index >= 15 is 0 Å². The van der Waals surface area contributed by atoms with Crippen LogP contribution in [0.4, 0.5) is 10.5 Å². The van der Waals surface area contributed by atoms with Crippen LogP contribution in [0.2, 0.25) is 0 Å². The molecule has 1 aliphatic carbocycles. The van der Waals surface area contributed by atoms with Gasteiger partial charge in [0, 0.05) is 18.3 Å². The Bertz CT molecular complexity index is 493. The van der Waals surface area contributed by atoms with Crippen molar-refractivity contribution >= 4 is 17.7 Å². The first-order chi connectivity index (χ1) is 10.0. The number of urea groups is 1. The number of carbonyl (C=O) groups excluding carboxylic acids is 1. The van der Waals surface area contributed by atoms with Crippen molar-refractivity contribution in [2.24, 2.45) is 11.7 Å². The zero-order chi connectivity index (χ0) is 15.2. The fourth-order valence-corrected chi connectivity index (χ4v) is 2.63. The number of carboxylic acid groups (broad SMARTS) is 1. The summed E-state index contributed by atoms with van der Waals surface area (Å²) < 4.78 is 0. The second-order valence-electron chi connectivity index (χ2n) is 5.45. The van der Waals surface area contributed by atoms with Crippen molar-refractivity contribution in [3.63, 3.8) is 0 Å². The number of hydrogen-bond donors (Lipinski definition) is 4. The van der Waals surface area contributed by atoms with Crippen LogP contribution in [0.15, 0.2) is 24.3 Å². The fraction of sp³-hybridized carbons (Fsp3) is 0.467. The van der Waals surface area contributed by atoms with E-state index in [9.17, 15) is 9.59 Å². The summed E-state index contributed by atoms with van der Waals surface area (Å²) in [6.45, 7) is 0.416. The standard InChI is InChI=1S/C15H21N3O3/c16-15(21)17-9-10-1-5-12(6-2-10)18-13-7-3-11(4-8-13)14(19)20/h1-2,5-6,11,13,18H,3-4,7-9H2,(H,19,20)(H3,16,17,21). The Balaban J connectivity index is 1.81. The molecule has 0 bridgehead atoms. The van der Waals surface area contributed by atoms with Crippen LogP contribution in [0.1, 0.15) is 31.2 Å². The third-order valence-corrected chi connectivity index (χ3v) is 3.87. The molecule has 1 aliphatic rings. The maximum Gasteiger partial charge on any atom is 0.312 e. The van der Waals surface area contributed by atoms with E-state index in [0.717, 1.165) is 36.9 Å².